The quantitative estimate of drug-likeness (QED) is 0.922. The Hall–Kier alpha value is -1.07. The maximum atomic E-state index is 12.0. The van der Waals surface area contributed by atoms with Crippen LogP contribution >= 0.6 is 15.9 Å². The molecule has 1 fully saturated rings. The first kappa shape index (κ1) is 14.3. The number of piperidine rings is 1. The number of hydrogen-bond acceptors (Lipinski definition) is 3. The van der Waals surface area contributed by atoms with Crippen LogP contribution in [0.4, 0.5) is 0 Å². The normalized spacial score (nSPS) is 19.3. The topological polar surface area (TPSA) is 55.6 Å². The standard InChI is InChI=1S/C14H19BrN2O2/c15-11-3-1-5-13(9-11)19-8-6-14(18)17-7-2-4-12(16)10-17/h1,3,5,9,12H,2,4,6-8,10,16H2. The largest absolute Gasteiger partial charge is 0.493 e. The highest BCUT2D eigenvalue weighted by Gasteiger charge is 2.20. The third-order valence-electron chi connectivity index (χ3n) is 3.19. The molecule has 0 radical (unpaired) electrons. The Kier molecular flexibility index (Phi) is 5.22. The molecule has 1 saturated heterocycles. The van der Waals surface area contributed by atoms with Crippen LogP contribution in [0.15, 0.2) is 28.7 Å². The van der Waals surface area contributed by atoms with Gasteiger partial charge < -0.3 is 15.4 Å². The van der Waals surface area contributed by atoms with Crippen molar-refractivity contribution in [1.82, 2.24) is 4.90 Å². The average Bonchev–Trinajstić information content (AvgIpc) is 2.38. The molecule has 2 N–H and O–H groups in total. The molecule has 0 aromatic heterocycles. The molecule has 1 aromatic carbocycles. The molecule has 0 aliphatic carbocycles. The first-order chi connectivity index (χ1) is 9.15. The predicted octanol–water partition coefficient (Wildman–Crippen LogP) is 2.17. The lowest BCUT2D eigenvalue weighted by atomic mass is 10.1. The number of halogens is 1. The Morgan fingerprint density at radius 3 is 3.11 bits per heavy atom. The van der Waals surface area contributed by atoms with Crippen molar-refractivity contribution in [3.63, 3.8) is 0 Å². The molecule has 4 nitrogen and oxygen atoms in total. The molecule has 1 unspecified atom stereocenters. The Labute approximate surface area is 122 Å². The average molecular weight is 327 g/mol. The van der Waals surface area contributed by atoms with Crippen molar-refractivity contribution >= 4 is 21.8 Å². The van der Waals surface area contributed by atoms with Gasteiger partial charge >= 0.3 is 0 Å². The second kappa shape index (κ2) is 6.91. The van der Waals surface area contributed by atoms with Crippen LogP contribution in [-0.4, -0.2) is 36.5 Å². The van der Waals surface area contributed by atoms with E-state index in [2.05, 4.69) is 15.9 Å². The lowest BCUT2D eigenvalue weighted by Crippen LogP contribution is -2.46. The zero-order chi connectivity index (χ0) is 13.7. The summed E-state index contributed by atoms with van der Waals surface area (Å²) in [4.78, 5) is 13.8. The van der Waals surface area contributed by atoms with E-state index >= 15 is 0 Å². The van der Waals surface area contributed by atoms with Crippen LogP contribution in [0.3, 0.4) is 0 Å². The Bertz CT molecular complexity index is 439. The summed E-state index contributed by atoms with van der Waals surface area (Å²) in [7, 11) is 0. The van der Waals surface area contributed by atoms with Crippen LogP contribution in [0.2, 0.25) is 0 Å². The molecule has 1 atom stereocenters. The summed E-state index contributed by atoms with van der Waals surface area (Å²) in [6, 6.07) is 7.74. The van der Waals surface area contributed by atoms with Gasteiger partial charge in [0, 0.05) is 23.6 Å². The van der Waals surface area contributed by atoms with Gasteiger partial charge in [0.1, 0.15) is 5.75 Å². The highest BCUT2D eigenvalue weighted by molar-refractivity contribution is 9.10. The monoisotopic (exact) mass is 326 g/mol. The first-order valence-electron chi connectivity index (χ1n) is 6.57. The summed E-state index contributed by atoms with van der Waals surface area (Å²) in [5, 5.41) is 0. The van der Waals surface area contributed by atoms with Gasteiger partial charge in [-0.1, -0.05) is 22.0 Å². The summed E-state index contributed by atoms with van der Waals surface area (Å²) in [6.45, 7) is 1.90. The van der Waals surface area contributed by atoms with E-state index < -0.39 is 0 Å². The van der Waals surface area contributed by atoms with Crippen molar-refractivity contribution in [3.05, 3.63) is 28.7 Å². The van der Waals surface area contributed by atoms with Crippen molar-refractivity contribution in [2.24, 2.45) is 5.73 Å². The van der Waals surface area contributed by atoms with E-state index in [0.29, 0.717) is 19.6 Å². The molecule has 104 valence electrons. The number of nitrogens with zero attached hydrogens (tertiary/aromatic N) is 1. The fourth-order valence-corrected chi connectivity index (χ4v) is 2.59. The van der Waals surface area contributed by atoms with Crippen molar-refractivity contribution in [3.8, 4) is 5.75 Å². The van der Waals surface area contributed by atoms with Gasteiger partial charge in [-0.25, -0.2) is 0 Å². The molecule has 1 aliphatic heterocycles. The summed E-state index contributed by atoms with van der Waals surface area (Å²) in [5.41, 5.74) is 5.87. The second-order valence-electron chi connectivity index (χ2n) is 4.80. The minimum atomic E-state index is 0.128. The van der Waals surface area contributed by atoms with Crippen molar-refractivity contribution in [1.29, 1.82) is 0 Å². The molecule has 19 heavy (non-hydrogen) atoms. The predicted molar refractivity (Wildman–Crippen MR) is 78.0 cm³/mol. The molecule has 0 bridgehead atoms. The molecule has 1 amide bonds. The molecule has 5 heteroatoms. The molecule has 0 saturated carbocycles. The van der Waals surface area contributed by atoms with Crippen LogP contribution in [0.5, 0.6) is 5.75 Å². The number of ether oxygens (including phenoxy) is 1. The van der Waals surface area contributed by atoms with E-state index in [1.54, 1.807) is 0 Å². The zero-order valence-electron chi connectivity index (χ0n) is 10.8. The first-order valence-corrected chi connectivity index (χ1v) is 7.36. The molecular weight excluding hydrogens is 308 g/mol. The van der Waals surface area contributed by atoms with E-state index in [4.69, 9.17) is 10.5 Å². The van der Waals surface area contributed by atoms with Gasteiger partial charge in [0.2, 0.25) is 5.91 Å². The lowest BCUT2D eigenvalue weighted by molar-refractivity contribution is -0.132. The van der Waals surface area contributed by atoms with E-state index in [1.165, 1.54) is 0 Å². The van der Waals surface area contributed by atoms with Crippen LogP contribution in [0, 0.1) is 0 Å². The van der Waals surface area contributed by atoms with Crippen LogP contribution in [0.25, 0.3) is 0 Å². The maximum Gasteiger partial charge on any atom is 0.226 e. The SMILES string of the molecule is NC1CCCN(C(=O)CCOc2cccc(Br)c2)C1. The molecule has 1 heterocycles. The Morgan fingerprint density at radius 2 is 2.37 bits per heavy atom. The molecule has 0 spiro atoms. The van der Waals surface area contributed by atoms with E-state index in [1.807, 2.05) is 29.2 Å². The summed E-state index contributed by atoms with van der Waals surface area (Å²) < 4.78 is 6.54. The Balaban J connectivity index is 1.74. The number of carbonyl (C=O) groups excluding carboxylic acids is 1. The molecular formula is C14H19BrN2O2. The van der Waals surface area contributed by atoms with Gasteiger partial charge in [0.25, 0.3) is 0 Å². The Morgan fingerprint density at radius 1 is 1.53 bits per heavy atom. The van der Waals surface area contributed by atoms with Crippen LogP contribution in [-0.2, 0) is 4.79 Å². The molecule has 1 aliphatic rings. The summed E-state index contributed by atoms with van der Waals surface area (Å²) in [5.74, 6) is 0.905. The number of amides is 1. The van der Waals surface area contributed by atoms with Crippen LogP contribution in [0.1, 0.15) is 19.3 Å². The number of likely N-dealkylation sites (tertiary alicyclic amines) is 1. The third kappa shape index (κ3) is 4.51. The van der Waals surface area contributed by atoms with Gasteiger partial charge in [0.15, 0.2) is 0 Å². The summed E-state index contributed by atoms with van der Waals surface area (Å²) in [6.07, 6.45) is 2.41. The van der Waals surface area contributed by atoms with Crippen molar-refractivity contribution in [2.75, 3.05) is 19.7 Å². The molecule has 1 aromatic rings. The minimum Gasteiger partial charge on any atom is -0.493 e. The number of hydrogen-bond donors (Lipinski definition) is 1. The highest BCUT2D eigenvalue weighted by atomic mass is 79.9. The zero-order valence-corrected chi connectivity index (χ0v) is 12.4. The van der Waals surface area contributed by atoms with E-state index in [-0.39, 0.29) is 11.9 Å². The number of benzene rings is 1. The van der Waals surface area contributed by atoms with Crippen LogP contribution < -0.4 is 10.5 Å². The minimum absolute atomic E-state index is 0.128. The molecule has 2 rings (SSSR count). The van der Waals surface area contributed by atoms with Gasteiger partial charge in [-0.05, 0) is 31.0 Å². The lowest BCUT2D eigenvalue weighted by Gasteiger charge is -2.30. The number of rotatable bonds is 4. The third-order valence-corrected chi connectivity index (χ3v) is 3.68. The van der Waals surface area contributed by atoms with Gasteiger partial charge in [-0.2, -0.15) is 0 Å². The van der Waals surface area contributed by atoms with E-state index in [0.717, 1.165) is 29.6 Å². The van der Waals surface area contributed by atoms with Crippen molar-refractivity contribution < 1.29 is 9.53 Å². The maximum absolute atomic E-state index is 12.0. The fraction of sp³-hybridized carbons (Fsp3) is 0.500. The number of carbonyl (C=O) groups is 1. The van der Waals surface area contributed by atoms with E-state index in [9.17, 15) is 4.79 Å². The van der Waals surface area contributed by atoms with Crippen molar-refractivity contribution in [2.45, 2.75) is 25.3 Å². The van der Waals surface area contributed by atoms with Gasteiger partial charge in [0.05, 0.1) is 13.0 Å². The number of nitrogens with two attached hydrogens (primary N) is 1. The second-order valence-corrected chi connectivity index (χ2v) is 5.71. The van der Waals surface area contributed by atoms with Gasteiger partial charge in [-0.15, -0.1) is 0 Å². The smallest absolute Gasteiger partial charge is 0.226 e. The fourth-order valence-electron chi connectivity index (χ4n) is 2.21. The highest BCUT2D eigenvalue weighted by Crippen LogP contribution is 2.18. The van der Waals surface area contributed by atoms with Gasteiger partial charge in [-0.3, -0.25) is 4.79 Å². The summed E-state index contributed by atoms with van der Waals surface area (Å²) >= 11 is 3.38.